The molecule has 0 saturated heterocycles. The zero-order valence-electron chi connectivity index (χ0n) is 10.4. The molecular weight excluding hydrogens is 192 g/mol. The summed E-state index contributed by atoms with van der Waals surface area (Å²) >= 11 is 0. The molecular formula is C10H22N4O. The van der Waals surface area contributed by atoms with Gasteiger partial charge in [-0.15, -0.1) is 0 Å². The number of aliphatic imine (C=N–C) groups is 1. The van der Waals surface area contributed by atoms with Crippen molar-refractivity contribution in [3.8, 4) is 0 Å². The predicted octanol–water partition coefficient (Wildman–Crippen LogP) is -0.00820. The van der Waals surface area contributed by atoms with Crippen LogP contribution in [0.5, 0.6) is 0 Å². The summed E-state index contributed by atoms with van der Waals surface area (Å²) in [6.45, 7) is 2.92. The van der Waals surface area contributed by atoms with Crippen LogP contribution >= 0.6 is 0 Å². The number of hydrogen-bond donors (Lipinski definition) is 1. The topological polar surface area (TPSA) is 47.9 Å². The number of nitrogens with zero attached hydrogens (tertiary/aromatic N) is 3. The first-order chi connectivity index (χ1) is 6.99. The van der Waals surface area contributed by atoms with E-state index in [9.17, 15) is 4.79 Å². The fraction of sp³-hybridized carbons (Fsp3) is 0.800. The Morgan fingerprint density at radius 3 is 2.13 bits per heavy atom. The number of carbonyl (C=O) groups excluding carboxylic acids is 1. The molecule has 0 aliphatic rings. The lowest BCUT2D eigenvalue weighted by atomic mass is 10.4. The van der Waals surface area contributed by atoms with Crippen LogP contribution in [-0.4, -0.2) is 62.9 Å². The van der Waals surface area contributed by atoms with E-state index in [-0.39, 0.29) is 12.5 Å². The molecule has 0 aromatic carbocycles. The Balaban J connectivity index is 4.15. The third kappa shape index (κ3) is 5.93. The highest BCUT2D eigenvalue weighted by Gasteiger charge is 2.05. The van der Waals surface area contributed by atoms with Gasteiger partial charge in [-0.25, -0.2) is 4.99 Å². The summed E-state index contributed by atoms with van der Waals surface area (Å²) < 4.78 is 0. The molecule has 5 heteroatoms. The van der Waals surface area contributed by atoms with Crippen LogP contribution in [0.2, 0.25) is 0 Å². The first-order valence-corrected chi connectivity index (χ1v) is 5.14. The number of carbonyl (C=O) groups is 1. The molecule has 15 heavy (non-hydrogen) atoms. The van der Waals surface area contributed by atoms with E-state index < -0.39 is 0 Å². The standard InChI is InChI=1S/C10H22N4O/c1-6-7-11-9(15)8-12-10(13(2)3)14(4)5/h6-8H2,1-5H3,(H,11,15). The summed E-state index contributed by atoms with van der Waals surface area (Å²) in [4.78, 5) is 19.3. The van der Waals surface area contributed by atoms with Gasteiger partial charge in [-0.2, -0.15) is 0 Å². The lowest BCUT2D eigenvalue weighted by molar-refractivity contribution is -0.119. The summed E-state index contributed by atoms with van der Waals surface area (Å²) in [5, 5.41) is 2.78. The maximum Gasteiger partial charge on any atom is 0.241 e. The van der Waals surface area contributed by atoms with Crippen molar-refractivity contribution in [2.75, 3.05) is 41.3 Å². The van der Waals surface area contributed by atoms with Crippen molar-refractivity contribution < 1.29 is 4.79 Å². The zero-order chi connectivity index (χ0) is 11.8. The minimum atomic E-state index is -0.0296. The second kappa shape index (κ2) is 7.09. The summed E-state index contributed by atoms with van der Waals surface area (Å²) in [5.74, 6) is 0.764. The number of guanidine groups is 1. The highest BCUT2D eigenvalue weighted by Crippen LogP contribution is 1.88. The molecule has 0 aromatic rings. The van der Waals surface area contributed by atoms with Crippen LogP contribution in [0.4, 0.5) is 0 Å². The monoisotopic (exact) mass is 214 g/mol. The van der Waals surface area contributed by atoms with Crippen molar-refractivity contribution in [1.29, 1.82) is 0 Å². The van der Waals surface area contributed by atoms with Crippen molar-refractivity contribution in [1.82, 2.24) is 15.1 Å². The van der Waals surface area contributed by atoms with Crippen LogP contribution in [0.15, 0.2) is 4.99 Å². The fourth-order valence-corrected chi connectivity index (χ4v) is 1.15. The molecule has 88 valence electrons. The van der Waals surface area contributed by atoms with Gasteiger partial charge in [0, 0.05) is 34.7 Å². The maximum atomic E-state index is 11.3. The van der Waals surface area contributed by atoms with Crippen LogP contribution < -0.4 is 5.32 Å². The van der Waals surface area contributed by atoms with Crippen molar-refractivity contribution in [2.45, 2.75) is 13.3 Å². The largest absolute Gasteiger partial charge is 0.355 e. The van der Waals surface area contributed by atoms with E-state index >= 15 is 0 Å². The quantitative estimate of drug-likeness (QED) is 0.529. The number of amides is 1. The fourth-order valence-electron chi connectivity index (χ4n) is 1.15. The number of hydrogen-bond acceptors (Lipinski definition) is 2. The normalized spacial score (nSPS) is 9.40. The molecule has 0 atom stereocenters. The van der Waals surface area contributed by atoms with Gasteiger partial charge in [0.15, 0.2) is 5.96 Å². The Morgan fingerprint density at radius 2 is 1.73 bits per heavy atom. The van der Waals surface area contributed by atoms with Gasteiger partial charge in [0.1, 0.15) is 6.54 Å². The minimum absolute atomic E-state index is 0.0296. The summed E-state index contributed by atoms with van der Waals surface area (Å²) in [6, 6.07) is 0. The Labute approximate surface area is 92.2 Å². The highest BCUT2D eigenvalue weighted by atomic mass is 16.1. The summed E-state index contributed by atoms with van der Waals surface area (Å²) in [7, 11) is 7.62. The van der Waals surface area contributed by atoms with Crippen LogP contribution in [0.25, 0.3) is 0 Å². The van der Waals surface area contributed by atoms with Gasteiger partial charge in [-0.05, 0) is 6.42 Å². The molecule has 0 fully saturated rings. The molecule has 0 aliphatic heterocycles. The number of rotatable bonds is 4. The van der Waals surface area contributed by atoms with Gasteiger partial charge in [0.25, 0.3) is 0 Å². The molecule has 5 nitrogen and oxygen atoms in total. The van der Waals surface area contributed by atoms with Crippen molar-refractivity contribution in [3.05, 3.63) is 0 Å². The van der Waals surface area contributed by atoms with Crippen LogP contribution in [-0.2, 0) is 4.79 Å². The van der Waals surface area contributed by atoms with E-state index in [1.165, 1.54) is 0 Å². The molecule has 1 N–H and O–H groups in total. The Hall–Kier alpha value is -1.26. The average Bonchev–Trinajstić information content (AvgIpc) is 2.13. The highest BCUT2D eigenvalue weighted by molar-refractivity contribution is 5.84. The first-order valence-electron chi connectivity index (χ1n) is 5.14. The Morgan fingerprint density at radius 1 is 1.20 bits per heavy atom. The summed E-state index contributed by atoms with van der Waals surface area (Å²) in [5.41, 5.74) is 0. The van der Waals surface area contributed by atoms with Gasteiger partial charge in [0.2, 0.25) is 5.91 Å². The lowest BCUT2D eigenvalue weighted by Crippen LogP contribution is -2.37. The van der Waals surface area contributed by atoms with Crippen LogP contribution in [0, 0.1) is 0 Å². The summed E-state index contributed by atoms with van der Waals surface area (Å²) in [6.07, 6.45) is 0.948. The van der Waals surface area contributed by atoms with E-state index in [2.05, 4.69) is 10.3 Å². The first kappa shape index (κ1) is 13.7. The molecule has 0 rings (SSSR count). The average molecular weight is 214 g/mol. The zero-order valence-corrected chi connectivity index (χ0v) is 10.4. The molecule has 1 amide bonds. The molecule has 0 bridgehead atoms. The second-order valence-corrected chi connectivity index (χ2v) is 3.76. The maximum absolute atomic E-state index is 11.3. The van der Waals surface area contributed by atoms with Crippen molar-refractivity contribution in [2.24, 2.45) is 4.99 Å². The Bertz CT molecular complexity index is 213. The van der Waals surface area contributed by atoms with Gasteiger partial charge in [-0.1, -0.05) is 6.92 Å². The molecule has 0 unspecified atom stereocenters. The van der Waals surface area contributed by atoms with Gasteiger partial charge < -0.3 is 15.1 Å². The van der Waals surface area contributed by atoms with Crippen molar-refractivity contribution >= 4 is 11.9 Å². The molecule has 0 spiro atoms. The molecule has 0 aliphatic carbocycles. The minimum Gasteiger partial charge on any atom is -0.355 e. The molecule has 0 heterocycles. The third-order valence-corrected chi connectivity index (χ3v) is 1.74. The van der Waals surface area contributed by atoms with Crippen LogP contribution in [0.1, 0.15) is 13.3 Å². The molecule has 0 radical (unpaired) electrons. The van der Waals surface area contributed by atoms with E-state index in [0.717, 1.165) is 12.4 Å². The van der Waals surface area contributed by atoms with Crippen LogP contribution in [0.3, 0.4) is 0 Å². The van der Waals surface area contributed by atoms with Crippen molar-refractivity contribution in [3.63, 3.8) is 0 Å². The van der Waals surface area contributed by atoms with E-state index in [1.807, 2.05) is 44.9 Å². The van der Waals surface area contributed by atoms with Gasteiger partial charge in [-0.3, -0.25) is 4.79 Å². The predicted molar refractivity (Wildman–Crippen MR) is 63.0 cm³/mol. The smallest absolute Gasteiger partial charge is 0.241 e. The van der Waals surface area contributed by atoms with E-state index in [0.29, 0.717) is 6.54 Å². The van der Waals surface area contributed by atoms with E-state index in [1.54, 1.807) is 0 Å². The molecule has 0 aromatic heterocycles. The third-order valence-electron chi connectivity index (χ3n) is 1.74. The lowest BCUT2D eigenvalue weighted by Gasteiger charge is -2.22. The van der Waals surface area contributed by atoms with Gasteiger partial charge >= 0.3 is 0 Å². The van der Waals surface area contributed by atoms with E-state index in [4.69, 9.17) is 0 Å². The number of nitrogens with one attached hydrogen (secondary N) is 1. The Kier molecular flexibility index (Phi) is 6.49. The second-order valence-electron chi connectivity index (χ2n) is 3.76. The molecule has 0 saturated carbocycles. The van der Waals surface area contributed by atoms with Gasteiger partial charge in [0.05, 0.1) is 0 Å². The SMILES string of the molecule is CCCNC(=O)CN=C(N(C)C)N(C)C.